The van der Waals surface area contributed by atoms with Crippen LogP contribution in [0.15, 0.2) is 23.7 Å². The summed E-state index contributed by atoms with van der Waals surface area (Å²) in [7, 11) is 3.22. The van der Waals surface area contributed by atoms with Gasteiger partial charge in [-0.3, -0.25) is 0 Å². The number of benzene rings is 1. The number of ether oxygens (including phenoxy) is 2. The van der Waals surface area contributed by atoms with Gasteiger partial charge in [-0.05, 0) is 0 Å². The first-order chi connectivity index (χ1) is 8.81. The lowest BCUT2D eigenvalue weighted by Gasteiger charge is -2.06. The highest BCUT2D eigenvalue weighted by Gasteiger charge is 2.11. The molecule has 0 aliphatic carbocycles. The minimum atomic E-state index is 0.669. The maximum absolute atomic E-state index is 5.26. The molecule has 2 aromatic heterocycles. The second-order valence-corrected chi connectivity index (χ2v) is 4.54. The van der Waals surface area contributed by atoms with Crippen molar-refractivity contribution in [2.75, 3.05) is 14.2 Å². The van der Waals surface area contributed by atoms with Crippen LogP contribution in [-0.4, -0.2) is 29.2 Å². The standard InChI is InChI=1S/C12H11N3O2S/c1-16-9-5-7-8(6-10(9)17-2)15-11(14-7)12-13-3-4-18-12/h3-6H,1-2H3,(H,14,15). The van der Waals surface area contributed by atoms with Gasteiger partial charge in [-0.15, -0.1) is 11.3 Å². The number of hydrogen-bond acceptors (Lipinski definition) is 5. The SMILES string of the molecule is COc1cc2nc(-c3nccs3)[nH]c2cc1OC. The number of methoxy groups -OCH3 is 2. The lowest BCUT2D eigenvalue weighted by Crippen LogP contribution is -1.89. The van der Waals surface area contributed by atoms with E-state index in [-0.39, 0.29) is 0 Å². The van der Waals surface area contributed by atoms with Gasteiger partial charge >= 0.3 is 0 Å². The van der Waals surface area contributed by atoms with E-state index in [1.54, 1.807) is 31.8 Å². The van der Waals surface area contributed by atoms with Crippen LogP contribution in [0.4, 0.5) is 0 Å². The second-order valence-electron chi connectivity index (χ2n) is 3.65. The van der Waals surface area contributed by atoms with Gasteiger partial charge in [0.25, 0.3) is 0 Å². The number of hydrogen-bond donors (Lipinski definition) is 1. The van der Waals surface area contributed by atoms with Crippen molar-refractivity contribution in [3.05, 3.63) is 23.7 Å². The van der Waals surface area contributed by atoms with Crippen molar-refractivity contribution in [1.82, 2.24) is 15.0 Å². The van der Waals surface area contributed by atoms with Gasteiger partial charge in [-0.25, -0.2) is 9.97 Å². The molecule has 92 valence electrons. The Bertz CT molecular complexity index is 635. The molecule has 0 spiro atoms. The highest BCUT2D eigenvalue weighted by molar-refractivity contribution is 7.13. The molecule has 0 bridgehead atoms. The van der Waals surface area contributed by atoms with Crippen LogP contribution in [0.2, 0.25) is 0 Å². The van der Waals surface area contributed by atoms with Gasteiger partial charge in [-0.2, -0.15) is 0 Å². The molecule has 0 radical (unpaired) electrons. The summed E-state index contributed by atoms with van der Waals surface area (Å²) in [5, 5.41) is 2.79. The Morgan fingerprint density at radius 1 is 1.17 bits per heavy atom. The molecular weight excluding hydrogens is 250 g/mol. The molecule has 0 atom stereocenters. The van der Waals surface area contributed by atoms with Crippen LogP contribution >= 0.6 is 11.3 Å². The van der Waals surface area contributed by atoms with E-state index >= 15 is 0 Å². The Balaban J connectivity index is 2.17. The predicted octanol–water partition coefficient (Wildman–Crippen LogP) is 2.70. The smallest absolute Gasteiger partial charge is 0.167 e. The summed E-state index contributed by atoms with van der Waals surface area (Å²) in [5.41, 5.74) is 1.73. The van der Waals surface area contributed by atoms with Gasteiger partial charge in [0.2, 0.25) is 0 Å². The number of aromatic nitrogens is 3. The van der Waals surface area contributed by atoms with Crippen LogP contribution in [0.5, 0.6) is 11.5 Å². The monoisotopic (exact) mass is 261 g/mol. The summed E-state index contributed by atoms with van der Waals surface area (Å²) in [6.07, 6.45) is 1.76. The Labute approximate surface area is 107 Å². The Morgan fingerprint density at radius 2 is 1.94 bits per heavy atom. The van der Waals surface area contributed by atoms with Crippen molar-refractivity contribution in [3.63, 3.8) is 0 Å². The molecule has 0 saturated heterocycles. The first-order valence-electron chi connectivity index (χ1n) is 5.33. The van der Waals surface area contributed by atoms with Crippen LogP contribution in [-0.2, 0) is 0 Å². The van der Waals surface area contributed by atoms with Crippen LogP contribution in [0, 0.1) is 0 Å². The second kappa shape index (κ2) is 4.30. The summed E-state index contributed by atoms with van der Waals surface area (Å²) in [6, 6.07) is 3.72. The third-order valence-electron chi connectivity index (χ3n) is 2.62. The number of imidazole rings is 1. The van der Waals surface area contributed by atoms with Crippen molar-refractivity contribution in [3.8, 4) is 22.3 Å². The van der Waals surface area contributed by atoms with Crippen LogP contribution in [0.1, 0.15) is 0 Å². The van der Waals surface area contributed by atoms with Gasteiger partial charge in [0.1, 0.15) is 0 Å². The normalized spacial score (nSPS) is 10.8. The Kier molecular flexibility index (Phi) is 2.64. The zero-order valence-corrected chi connectivity index (χ0v) is 10.7. The molecule has 18 heavy (non-hydrogen) atoms. The zero-order chi connectivity index (χ0) is 12.5. The van der Waals surface area contributed by atoms with Gasteiger partial charge in [-0.1, -0.05) is 0 Å². The van der Waals surface area contributed by atoms with E-state index in [0.717, 1.165) is 21.9 Å². The summed E-state index contributed by atoms with van der Waals surface area (Å²) in [6.45, 7) is 0. The number of fused-ring (bicyclic) bond motifs is 1. The van der Waals surface area contributed by atoms with Crippen molar-refractivity contribution >= 4 is 22.4 Å². The number of nitrogens with one attached hydrogen (secondary N) is 1. The largest absolute Gasteiger partial charge is 0.493 e. The average Bonchev–Trinajstić information content (AvgIpc) is 3.04. The summed E-state index contributed by atoms with van der Waals surface area (Å²) >= 11 is 1.54. The molecular formula is C12H11N3O2S. The summed E-state index contributed by atoms with van der Waals surface area (Å²) < 4.78 is 10.5. The van der Waals surface area contributed by atoms with Gasteiger partial charge in [0.15, 0.2) is 22.3 Å². The summed E-state index contributed by atoms with van der Waals surface area (Å²) in [5.74, 6) is 2.11. The first kappa shape index (κ1) is 11.0. The molecule has 1 N–H and O–H groups in total. The zero-order valence-electron chi connectivity index (χ0n) is 9.93. The maximum atomic E-state index is 5.26. The van der Waals surface area contributed by atoms with Crippen molar-refractivity contribution in [1.29, 1.82) is 0 Å². The molecule has 0 unspecified atom stereocenters. The van der Waals surface area contributed by atoms with E-state index in [0.29, 0.717) is 11.5 Å². The molecule has 0 aliphatic heterocycles. The molecule has 0 saturated carbocycles. The highest BCUT2D eigenvalue weighted by atomic mass is 32.1. The number of H-pyrrole nitrogens is 1. The number of rotatable bonds is 3. The fraction of sp³-hybridized carbons (Fsp3) is 0.167. The fourth-order valence-electron chi connectivity index (χ4n) is 1.78. The first-order valence-corrected chi connectivity index (χ1v) is 6.21. The summed E-state index contributed by atoms with van der Waals surface area (Å²) in [4.78, 5) is 12.0. The minimum absolute atomic E-state index is 0.669. The van der Waals surface area contributed by atoms with Crippen LogP contribution in [0.25, 0.3) is 21.9 Å². The van der Waals surface area contributed by atoms with E-state index in [9.17, 15) is 0 Å². The molecule has 3 rings (SSSR count). The Morgan fingerprint density at radius 3 is 2.61 bits per heavy atom. The van der Waals surface area contributed by atoms with Gasteiger partial charge in [0, 0.05) is 23.7 Å². The van der Waals surface area contributed by atoms with Crippen molar-refractivity contribution in [2.45, 2.75) is 0 Å². The third kappa shape index (κ3) is 1.70. The molecule has 0 amide bonds. The number of aromatic amines is 1. The Hall–Kier alpha value is -2.08. The lowest BCUT2D eigenvalue weighted by atomic mass is 10.3. The van der Waals surface area contributed by atoms with Crippen molar-refractivity contribution in [2.24, 2.45) is 0 Å². The molecule has 6 heteroatoms. The number of thiazole rings is 1. The van der Waals surface area contributed by atoms with E-state index in [4.69, 9.17) is 9.47 Å². The topological polar surface area (TPSA) is 60.0 Å². The van der Waals surface area contributed by atoms with E-state index in [1.807, 2.05) is 17.5 Å². The lowest BCUT2D eigenvalue weighted by molar-refractivity contribution is 0.356. The van der Waals surface area contributed by atoms with E-state index in [1.165, 1.54) is 0 Å². The predicted molar refractivity (Wildman–Crippen MR) is 70.3 cm³/mol. The van der Waals surface area contributed by atoms with Crippen LogP contribution < -0.4 is 9.47 Å². The minimum Gasteiger partial charge on any atom is -0.493 e. The van der Waals surface area contributed by atoms with Crippen LogP contribution in [0.3, 0.4) is 0 Å². The molecule has 0 fully saturated rings. The third-order valence-corrected chi connectivity index (χ3v) is 3.40. The highest BCUT2D eigenvalue weighted by Crippen LogP contribution is 2.32. The van der Waals surface area contributed by atoms with E-state index in [2.05, 4.69) is 15.0 Å². The van der Waals surface area contributed by atoms with E-state index < -0.39 is 0 Å². The maximum Gasteiger partial charge on any atom is 0.167 e. The van der Waals surface area contributed by atoms with Gasteiger partial charge < -0.3 is 14.5 Å². The molecule has 1 aromatic carbocycles. The molecule has 3 aromatic rings. The molecule has 2 heterocycles. The average molecular weight is 261 g/mol. The quantitative estimate of drug-likeness (QED) is 0.787. The molecule has 0 aliphatic rings. The van der Waals surface area contributed by atoms with Crippen molar-refractivity contribution < 1.29 is 9.47 Å². The number of nitrogens with zero attached hydrogens (tertiary/aromatic N) is 2. The van der Waals surface area contributed by atoms with Gasteiger partial charge in [0.05, 0.1) is 25.3 Å². The fourth-order valence-corrected chi connectivity index (χ4v) is 2.36. The molecule has 5 nitrogen and oxygen atoms in total.